The second-order valence-corrected chi connectivity index (χ2v) is 6.96. The topological polar surface area (TPSA) is 86.9 Å². The van der Waals surface area contributed by atoms with Gasteiger partial charge >= 0.3 is 0 Å². The zero-order valence-electron chi connectivity index (χ0n) is 14.0. The molecule has 1 saturated heterocycles. The van der Waals surface area contributed by atoms with E-state index in [0.717, 1.165) is 17.2 Å². The zero-order valence-corrected chi connectivity index (χ0v) is 14.0. The highest BCUT2D eigenvalue weighted by Crippen LogP contribution is 2.25. The fraction of sp³-hybridized carbons (Fsp3) is 0.562. The molecular formula is C16H23N5O2. The maximum absolute atomic E-state index is 12.9. The molecule has 0 bridgehead atoms. The maximum Gasteiger partial charge on any atom is 0.275 e. The van der Waals surface area contributed by atoms with E-state index >= 15 is 0 Å². The lowest BCUT2D eigenvalue weighted by molar-refractivity contribution is -0.00531. The van der Waals surface area contributed by atoms with Crippen LogP contribution >= 0.6 is 0 Å². The van der Waals surface area contributed by atoms with Gasteiger partial charge in [-0.2, -0.15) is 5.10 Å². The van der Waals surface area contributed by atoms with E-state index in [1.54, 1.807) is 11.1 Å². The molecule has 1 aliphatic heterocycles. The number of nitrogens with one attached hydrogen (secondary N) is 2. The van der Waals surface area contributed by atoms with Crippen molar-refractivity contribution >= 4 is 5.91 Å². The molecule has 1 atom stereocenters. The van der Waals surface area contributed by atoms with Crippen LogP contribution in [-0.4, -0.2) is 50.7 Å². The minimum Gasteiger partial charge on any atom is -0.377 e. The van der Waals surface area contributed by atoms with Gasteiger partial charge in [-0.3, -0.25) is 9.89 Å². The molecule has 1 amide bonds. The summed E-state index contributed by atoms with van der Waals surface area (Å²) >= 11 is 0. The van der Waals surface area contributed by atoms with Crippen LogP contribution in [0.2, 0.25) is 0 Å². The van der Waals surface area contributed by atoms with Crippen molar-refractivity contribution in [3.8, 4) is 0 Å². The molecule has 124 valence electrons. The lowest BCUT2D eigenvalue weighted by Crippen LogP contribution is -2.44. The van der Waals surface area contributed by atoms with Gasteiger partial charge in [-0.05, 0) is 13.0 Å². The number of aromatic amines is 2. The van der Waals surface area contributed by atoms with Crippen molar-refractivity contribution in [1.82, 2.24) is 25.1 Å². The van der Waals surface area contributed by atoms with Gasteiger partial charge in [-0.25, -0.2) is 4.98 Å². The summed E-state index contributed by atoms with van der Waals surface area (Å²) in [4.78, 5) is 22.2. The number of rotatable bonds is 2. The number of amides is 1. The number of ether oxygens (including phenoxy) is 1. The molecule has 3 rings (SSSR count). The van der Waals surface area contributed by atoms with E-state index in [4.69, 9.17) is 4.74 Å². The predicted octanol–water partition coefficient (Wildman–Crippen LogP) is 1.95. The Morgan fingerprint density at radius 3 is 2.83 bits per heavy atom. The van der Waals surface area contributed by atoms with Crippen molar-refractivity contribution in [2.24, 2.45) is 0 Å². The Labute approximate surface area is 135 Å². The molecule has 7 heteroatoms. The lowest BCUT2D eigenvalue weighted by atomic mass is 9.92. The highest BCUT2D eigenvalue weighted by molar-refractivity contribution is 5.92. The summed E-state index contributed by atoms with van der Waals surface area (Å²) in [6.45, 7) is 9.68. The van der Waals surface area contributed by atoms with E-state index in [-0.39, 0.29) is 17.4 Å². The largest absolute Gasteiger partial charge is 0.377 e. The van der Waals surface area contributed by atoms with Gasteiger partial charge in [0.25, 0.3) is 5.91 Å². The van der Waals surface area contributed by atoms with Crippen molar-refractivity contribution in [3.05, 3.63) is 35.2 Å². The van der Waals surface area contributed by atoms with Crippen LogP contribution in [0.15, 0.2) is 12.3 Å². The van der Waals surface area contributed by atoms with Crippen molar-refractivity contribution in [2.75, 3.05) is 19.8 Å². The molecule has 2 N–H and O–H groups in total. The van der Waals surface area contributed by atoms with E-state index in [0.29, 0.717) is 25.5 Å². The van der Waals surface area contributed by atoms with Crippen molar-refractivity contribution in [2.45, 2.75) is 39.2 Å². The summed E-state index contributed by atoms with van der Waals surface area (Å²) in [5.41, 5.74) is 2.27. The summed E-state index contributed by atoms with van der Waals surface area (Å²) in [6.07, 6.45) is 1.76. The number of carbonyl (C=O) groups excluding carboxylic acids is 1. The van der Waals surface area contributed by atoms with Crippen LogP contribution in [-0.2, 0) is 10.2 Å². The molecule has 0 radical (unpaired) electrons. The first-order valence-corrected chi connectivity index (χ1v) is 7.82. The standard InChI is InChI=1S/C16H23N5O2/c1-10-8-17-14(18-10)12-9-23-6-5-21(12)15(22)11-7-13(20-19-11)16(2,3)4/h7-8,12H,5-6,9H2,1-4H3,(H,17,18)(H,19,20)/t12-/m0/s1. The number of nitrogens with zero attached hydrogens (tertiary/aromatic N) is 3. The van der Waals surface area contributed by atoms with Crippen molar-refractivity contribution in [1.29, 1.82) is 0 Å². The predicted molar refractivity (Wildman–Crippen MR) is 85.2 cm³/mol. The Morgan fingerprint density at radius 2 is 2.22 bits per heavy atom. The highest BCUT2D eigenvalue weighted by Gasteiger charge is 2.32. The van der Waals surface area contributed by atoms with Crippen molar-refractivity contribution < 1.29 is 9.53 Å². The van der Waals surface area contributed by atoms with Crippen molar-refractivity contribution in [3.63, 3.8) is 0 Å². The average molecular weight is 317 g/mol. The van der Waals surface area contributed by atoms with Gasteiger partial charge in [-0.15, -0.1) is 0 Å². The normalized spacial score (nSPS) is 19.1. The molecular weight excluding hydrogens is 294 g/mol. The van der Waals surface area contributed by atoms with E-state index < -0.39 is 0 Å². The first-order chi connectivity index (χ1) is 10.9. The number of hydrogen-bond acceptors (Lipinski definition) is 4. The molecule has 23 heavy (non-hydrogen) atoms. The molecule has 3 heterocycles. The molecule has 0 aromatic carbocycles. The van der Waals surface area contributed by atoms with Crippen LogP contribution < -0.4 is 0 Å². The van der Waals surface area contributed by atoms with Crippen LogP contribution in [0, 0.1) is 6.92 Å². The molecule has 0 saturated carbocycles. The van der Waals surface area contributed by atoms with E-state index in [1.165, 1.54) is 0 Å². The Hall–Kier alpha value is -2.15. The van der Waals surface area contributed by atoms with Gasteiger partial charge in [0.05, 0.1) is 13.2 Å². The third-order valence-electron chi connectivity index (χ3n) is 4.03. The van der Waals surface area contributed by atoms with Gasteiger partial charge in [0.15, 0.2) is 0 Å². The second kappa shape index (κ2) is 5.81. The fourth-order valence-corrected chi connectivity index (χ4v) is 2.64. The average Bonchev–Trinajstić information content (AvgIpc) is 3.15. The molecule has 2 aromatic rings. The van der Waals surface area contributed by atoms with Crippen LogP contribution in [0.5, 0.6) is 0 Å². The number of aromatic nitrogens is 4. The Bertz CT molecular complexity index is 697. The first-order valence-electron chi connectivity index (χ1n) is 7.82. The number of morpholine rings is 1. The number of H-pyrrole nitrogens is 2. The summed E-state index contributed by atoms with van der Waals surface area (Å²) in [6, 6.07) is 1.63. The minimum absolute atomic E-state index is 0.0753. The Kier molecular flexibility index (Phi) is 3.97. The second-order valence-electron chi connectivity index (χ2n) is 6.96. The zero-order chi connectivity index (χ0) is 16.6. The highest BCUT2D eigenvalue weighted by atomic mass is 16.5. The van der Waals surface area contributed by atoms with E-state index in [2.05, 4.69) is 40.9 Å². The number of aryl methyl sites for hydroxylation is 1. The summed E-state index contributed by atoms with van der Waals surface area (Å²) < 4.78 is 5.54. The Balaban J connectivity index is 1.85. The molecule has 0 aliphatic carbocycles. The fourth-order valence-electron chi connectivity index (χ4n) is 2.64. The van der Waals surface area contributed by atoms with Gasteiger partial charge in [0, 0.05) is 29.5 Å². The van der Waals surface area contributed by atoms with Gasteiger partial charge in [-0.1, -0.05) is 20.8 Å². The maximum atomic E-state index is 12.9. The summed E-state index contributed by atoms with van der Waals surface area (Å²) in [7, 11) is 0. The Morgan fingerprint density at radius 1 is 1.43 bits per heavy atom. The number of hydrogen-bond donors (Lipinski definition) is 2. The number of imidazole rings is 1. The van der Waals surface area contributed by atoms with Gasteiger partial charge < -0.3 is 14.6 Å². The molecule has 0 spiro atoms. The van der Waals surface area contributed by atoms with Crippen LogP contribution in [0.3, 0.4) is 0 Å². The van der Waals surface area contributed by atoms with E-state index in [1.807, 2.05) is 13.0 Å². The smallest absolute Gasteiger partial charge is 0.275 e. The van der Waals surface area contributed by atoms with Gasteiger partial charge in [0.2, 0.25) is 0 Å². The summed E-state index contributed by atoms with van der Waals surface area (Å²) in [5.74, 6) is 0.654. The van der Waals surface area contributed by atoms with Crippen LogP contribution in [0.4, 0.5) is 0 Å². The molecule has 1 aliphatic rings. The third kappa shape index (κ3) is 3.14. The summed E-state index contributed by atoms with van der Waals surface area (Å²) in [5, 5.41) is 7.18. The van der Waals surface area contributed by atoms with Gasteiger partial charge in [0.1, 0.15) is 17.6 Å². The minimum atomic E-state index is -0.209. The van der Waals surface area contributed by atoms with E-state index in [9.17, 15) is 4.79 Å². The quantitative estimate of drug-likeness (QED) is 0.886. The first kappa shape index (κ1) is 15.7. The third-order valence-corrected chi connectivity index (χ3v) is 4.03. The molecule has 7 nitrogen and oxygen atoms in total. The van der Waals surface area contributed by atoms with Crippen LogP contribution in [0.25, 0.3) is 0 Å². The SMILES string of the molecule is Cc1cnc([C@@H]2COCCN2C(=O)c2cc(C(C)(C)C)[nH]n2)[nH]1. The monoisotopic (exact) mass is 317 g/mol. The molecule has 2 aromatic heterocycles. The van der Waals surface area contributed by atoms with Crippen LogP contribution in [0.1, 0.15) is 54.5 Å². The number of carbonyl (C=O) groups is 1. The molecule has 1 fully saturated rings. The lowest BCUT2D eigenvalue weighted by Gasteiger charge is -2.33. The molecule has 0 unspecified atom stereocenters.